The first-order chi connectivity index (χ1) is 15.7. The van der Waals surface area contributed by atoms with E-state index < -0.39 is 0 Å². The monoisotopic (exact) mass is 428 g/mol. The van der Waals surface area contributed by atoms with Crippen molar-refractivity contribution in [2.45, 2.75) is 6.92 Å². The highest BCUT2D eigenvalue weighted by molar-refractivity contribution is 6.09. The molecule has 2 heterocycles. The minimum Gasteiger partial charge on any atom is -0.493 e. The van der Waals surface area contributed by atoms with Gasteiger partial charge >= 0.3 is 0 Å². The topological polar surface area (TPSA) is 101 Å². The minimum atomic E-state index is -0.172. The predicted octanol–water partition coefficient (Wildman–Crippen LogP) is 4.01. The van der Waals surface area contributed by atoms with E-state index in [2.05, 4.69) is 31.1 Å². The summed E-state index contributed by atoms with van der Waals surface area (Å²) >= 11 is 0. The van der Waals surface area contributed by atoms with Crippen molar-refractivity contribution in [2.75, 3.05) is 30.3 Å². The van der Waals surface area contributed by atoms with Crippen molar-refractivity contribution >= 4 is 34.0 Å². The number of nitrogens with one attached hydrogen (secondary N) is 3. The van der Waals surface area contributed by atoms with Gasteiger partial charge in [0.15, 0.2) is 5.82 Å². The number of aromatic nitrogens is 3. The van der Waals surface area contributed by atoms with E-state index in [1.807, 2.05) is 67.6 Å². The van der Waals surface area contributed by atoms with E-state index >= 15 is 0 Å². The summed E-state index contributed by atoms with van der Waals surface area (Å²) < 4.78 is 5.69. The molecule has 0 aliphatic rings. The number of anilines is 3. The van der Waals surface area contributed by atoms with Crippen LogP contribution in [-0.4, -0.2) is 40.8 Å². The summed E-state index contributed by atoms with van der Waals surface area (Å²) in [5.74, 6) is 1.65. The van der Waals surface area contributed by atoms with Gasteiger partial charge in [-0.25, -0.2) is 0 Å². The molecule has 0 fully saturated rings. The third-order valence-corrected chi connectivity index (χ3v) is 4.73. The molecule has 0 atom stereocenters. The van der Waals surface area contributed by atoms with E-state index in [-0.39, 0.29) is 5.91 Å². The van der Waals surface area contributed by atoms with Crippen LogP contribution < -0.4 is 20.7 Å². The predicted molar refractivity (Wildman–Crippen MR) is 125 cm³/mol. The molecule has 2 aromatic carbocycles. The number of hydrogen-bond donors (Lipinski definition) is 3. The molecule has 1 amide bonds. The lowest BCUT2D eigenvalue weighted by molar-refractivity contribution is 0.0953. The van der Waals surface area contributed by atoms with Gasteiger partial charge < -0.3 is 20.7 Å². The first-order valence-electron chi connectivity index (χ1n) is 10.4. The van der Waals surface area contributed by atoms with Crippen molar-refractivity contribution in [3.05, 3.63) is 78.6 Å². The highest BCUT2D eigenvalue weighted by Crippen LogP contribution is 2.28. The molecule has 8 heteroatoms. The number of ether oxygens (including phenoxy) is 1. The van der Waals surface area contributed by atoms with Crippen molar-refractivity contribution in [3.8, 4) is 5.75 Å². The maximum Gasteiger partial charge on any atom is 0.255 e. The van der Waals surface area contributed by atoms with E-state index in [4.69, 9.17) is 4.74 Å². The van der Waals surface area contributed by atoms with E-state index in [0.29, 0.717) is 42.6 Å². The Kier molecular flexibility index (Phi) is 6.72. The van der Waals surface area contributed by atoms with E-state index in [1.165, 1.54) is 0 Å². The zero-order valence-corrected chi connectivity index (χ0v) is 17.7. The number of amides is 1. The standard InChI is InChI=1S/C24H24N6O2/c1-2-32-20-10-9-17-6-3-4-8-19(17)23(20)24(31)27-15-14-26-21-11-12-22(30-29-21)28-18-7-5-13-25-16-18/h3-13,16H,2,14-15H2,1H3,(H,26,29)(H,27,31)(H,28,30). The van der Waals surface area contributed by atoms with E-state index in [9.17, 15) is 4.79 Å². The molecule has 32 heavy (non-hydrogen) atoms. The molecule has 0 radical (unpaired) electrons. The van der Waals surface area contributed by atoms with Crippen LogP contribution in [0.3, 0.4) is 0 Å². The first kappa shape index (κ1) is 21.0. The van der Waals surface area contributed by atoms with Crippen LogP contribution in [0.5, 0.6) is 5.75 Å². The molecular formula is C24H24N6O2. The Morgan fingerprint density at radius 1 is 0.938 bits per heavy atom. The normalized spacial score (nSPS) is 10.5. The minimum absolute atomic E-state index is 0.172. The summed E-state index contributed by atoms with van der Waals surface area (Å²) in [5.41, 5.74) is 1.39. The molecule has 0 bridgehead atoms. The zero-order valence-electron chi connectivity index (χ0n) is 17.7. The van der Waals surface area contributed by atoms with Gasteiger partial charge in [0.05, 0.1) is 24.1 Å². The summed E-state index contributed by atoms with van der Waals surface area (Å²) in [7, 11) is 0. The molecule has 2 aromatic heterocycles. The van der Waals surface area contributed by atoms with Crippen LogP contribution in [-0.2, 0) is 0 Å². The number of carbonyl (C=O) groups is 1. The average molecular weight is 428 g/mol. The molecule has 3 N–H and O–H groups in total. The summed E-state index contributed by atoms with van der Waals surface area (Å²) in [5, 5.41) is 19.4. The SMILES string of the molecule is CCOc1ccc2ccccc2c1C(=O)NCCNc1ccc(Nc2cccnc2)nn1. The smallest absolute Gasteiger partial charge is 0.255 e. The summed E-state index contributed by atoms with van der Waals surface area (Å²) in [6.45, 7) is 3.32. The Bertz CT molecular complexity index is 1180. The van der Waals surface area contributed by atoms with E-state index in [0.717, 1.165) is 16.5 Å². The molecular weight excluding hydrogens is 404 g/mol. The Balaban J connectivity index is 1.33. The number of rotatable bonds is 9. The number of pyridine rings is 1. The van der Waals surface area contributed by atoms with Gasteiger partial charge in [0.1, 0.15) is 11.6 Å². The van der Waals surface area contributed by atoms with E-state index in [1.54, 1.807) is 12.4 Å². The second-order valence-electron chi connectivity index (χ2n) is 6.95. The Morgan fingerprint density at radius 2 is 1.78 bits per heavy atom. The van der Waals surface area contributed by atoms with Crippen LogP contribution in [0.1, 0.15) is 17.3 Å². The fraction of sp³-hybridized carbons (Fsp3) is 0.167. The molecule has 0 aliphatic heterocycles. The fourth-order valence-corrected chi connectivity index (χ4v) is 3.29. The van der Waals surface area contributed by atoms with Crippen molar-refractivity contribution in [1.29, 1.82) is 0 Å². The van der Waals surface area contributed by atoms with Crippen LogP contribution in [0.25, 0.3) is 10.8 Å². The molecule has 8 nitrogen and oxygen atoms in total. The quantitative estimate of drug-likeness (QED) is 0.346. The van der Waals surface area contributed by atoms with Gasteiger partial charge in [0, 0.05) is 19.3 Å². The highest BCUT2D eigenvalue weighted by Gasteiger charge is 2.16. The van der Waals surface area contributed by atoms with Gasteiger partial charge in [-0.3, -0.25) is 9.78 Å². The fourth-order valence-electron chi connectivity index (χ4n) is 3.29. The van der Waals surface area contributed by atoms with Gasteiger partial charge in [0.2, 0.25) is 0 Å². The molecule has 162 valence electrons. The summed E-state index contributed by atoms with van der Waals surface area (Å²) in [6, 6.07) is 19.0. The van der Waals surface area contributed by atoms with Crippen LogP contribution >= 0.6 is 0 Å². The summed E-state index contributed by atoms with van der Waals surface area (Å²) in [6.07, 6.45) is 3.42. The second kappa shape index (κ2) is 10.2. The average Bonchev–Trinajstić information content (AvgIpc) is 2.83. The number of nitrogens with zero attached hydrogens (tertiary/aromatic N) is 3. The third-order valence-electron chi connectivity index (χ3n) is 4.73. The van der Waals surface area contributed by atoms with Gasteiger partial charge in [-0.15, -0.1) is 10.2 Å². The molecule has 4 aromatic rings. The highest BCUT2D eigenvalue weighted by atomic mass is 16.5. The van der Waals surface area contributed by atoms with Crippen molar-refractivity contribution in [1.82, 2.24) is 20.5 Å². The maximum atomic E-state index is 12.9. The van der Waals surface area contributed by atoms with Crippen molar-refractivity contribution < 1.29 is 9.53 Å². The Morgan fingerprint density at radius 3 is 2.56 bits per heavy atom. The number of fused-ring (bicyclic) bond motifs is 1. The lowest BCUT2D eigenvalue weighted by Gasteiger charge is -2.14. The number of carbonyl (C=O) groups excluding carboxylic acids is 1. The maximum absolute atomic E-state index is 12.9. The molecule has 0 spiro atoms. The van der Waals surface area contributed by atoms with Gasteiger partial charge in [-0.1, -0.05) is 30.3 Å². The Labute approximate surface area is 186 Å². The number of benzene rings is 2. The molecule has 4 rings (SSSR count). The third kappa shape index (κ3) is 5.10. The largest absolute Gasteiger partial charge is 0.493 e. The lowest BCUT2D eigenvalue weighted by Crippen LogP contribution is -2.29. The summed E-state index contributed by atoms with van der Waals surface area (Å²) in [4.78, 5) is 17.0. The second-order valence-corrected chi connectivity index (χ2v) is 6.95. The molecule has 0 unspecified atom stereocenters. The van der Waals surface area contributed by atoms with Crippen molar-refractivity contribution in [2.24, 2.45) is 0 Å². The van der Waals surface area contributed by atoms with Gasteiger partial charge in [-0.2, -0.15) is 0 Å². The van der Waals surface area contributed by atoms with Crippen molar-refractivity contribution in [3.63, 3.8) is 0 Å². The van der Waals surface area contributed by atoms with Crippen LogP contribution in [0.15, 0.2) is 73.1 Å². The zero-order chi connectivity index (χ0) is 22.2. The molecule has 0 saturated carbocycles. The number of hydrogen-bond acceptors (Lipinski definition) is 7. The Hall–Kier alpha value is -4.20. The van der Waals surface area contributed by atoms with Gasteiger partial charge in [0.25, 0.3) is 5.91 Å². The first-order valence-corrected chi connectivity index (χ1v) is 10.4. The van der Waals surface area contributed by atoms with Crippen LogP contribution in [0.4, 0.5) is 17.3 Å². The van der Waals surface area contributed by atoms with Gasteiger partial charge in [-0.05, 0) is 48.0 Å². The molecule has 0 saturated heterocycles. The molecule has 0 aliphatic carbocycles. The van der Waals surface area contributed by atoms with Crippen LogP contribution in [0.2, 0.25) is 0 Å². The van der Waals surface area contributed by atoms with Crippen LogP contribution in [0, 0.1) is 0 Å². The lowest BCUT2D eigenvalue weighted by atomic mass is 10.0.